The Morgan fingerprint density at radius 2 is 2.22 bits per heavy atom. The Kier molecular flexibility index (Phi) is 3.97. The summed E-state index contributed by atoms with van der Waals surface area (Å²) >= 11 is 3.44. The van der Waals surface area contributed by atoms with Crippen molar-refractivity contribution in [2.75, 3.05) is 0 Å². The molecule has 1 heterocycles. The number of carbonyl (C=O) groups excluding carboxylic acids is 1. The highest BCUT2D eigenvalue weighted by molar-refractivity contribution is 9.10. The number of aromatic nitrogens is 2. The minimum absolute atomic E-state index is 0.0242. The third kappa shape index (κ3) is 2.53. The number of aryl methyl sites for hydroxylation is 1. The number of rotatable bonds is 4. The van der Waals surface area contributed by atoms with Crippen molar-refractivity contribution >= 4 is 21.7 Å². The number of halogens is 1. The fraction of sp³-hybridized carbons (Fsp3) is 0.286. The molecule has 0 fully saturated rings. The molecule has 1 aromatic heterocycles. The van der Waals surface area contributed by atoms with Crippen LogP contribution in [-0.4, -0.2) is 15.6 Å². The van der Waals surface area contributed by atoms with Crippen molar-refractivity contribution in [3.05, 3.63) is 51.8 Å². The molecule has 2 rings (SSSR count). The first-order valence-corrected chi connectivity index (χ1v) is 6.75. The molecule has 4 heteroatoms. The predicted molar refractivity (Wildman–Crippen MR) is 74.8 cm³/mol. The Labute approximate surface area is 115 Å². The first-order chi connectivity index (χ1) is 8.63. The van der Waals surface area contributed by atoms with Gasteiger partial charge >= 0.3 is 0 Å². The van der Waals surface area contributed by atoms with Crippen LogP contribution in [0.25, 0.3) is 0 Å². The lowest BCUT2D eigenvalue weighted by molar-refractivity contribution is 0.103. The number of benzene rings is 1. The zero-order valence-corrected chi connectivity index (χ0v) is 12.1. The van der Waals surface area contributed by atoms with Crippen molar-refractivity contribution in [3.63, 3.8) is 0 Å². The molecule has 0 aliphatic carbocycles. The van der Waals surface area contributed by atoms with Gasteiger partial charge in [0.05, 0.1) is 11.8 Å². The zero-order valence-electron chi connectivity index (χ0n) is 10.5. The van der Waals surface area contributed by atoms with Gasteiger partial charge in [-0.25, -0.2) is 0 Å². The molecule has 0 saturated carbocycles. The second-order valence-corrected chi connectivity index (χ2v) is 5.09. The Balaban J connectivity index is 2.32. The van der Waals surface area contributed by atoms with Crippen LogP contribution in [0.15, 0.2) is 35.1 Å². The van der Waals surface area contributed by atoms with Crippen molar-refractivity contribution in [1.82, 2.24) is 9.78 Å². The van der Waals surface area contributed by atoms with E-state index in [1.807, 2.05) is 31.3 Å². The summed E-state index contributed by atoms with van der Waals surface area (Å²) in [5.74, 6) is 0.0242. The summed E-state index contributed by atoms with van der Waals surface area (Å²) in [4.78, 5) is 12.4. The van der Waals surface area contributed by atoms with E-state index < -0.39 is 0 Å². The first-order valence-electron chi connectivity index (χ1n) is 5.95. The van der Waals surface area contributed by atoms with E-state index in [-0.39, 0.29) is 5.78 Å². The Hall–Kier alpha value is -1.42. The summed E-state index contributed by atoms with van der Waals surface area (Å²) in [6.45, 7) is 4.86. The van der Waals surface area contributed by atoms with Crippen molar-refractivity contribution in [1.29, 1.82) is 0 Å². The van der Waals surface area contributed by atoms with E-state index in [0.29, 0.717) is 5.56 Å². The SMILES string of the molecule is CCCn1cc(C(=O)c2cccc(Br)c2C)cn1. The van der Waals surface area contributed by atoms with Crippen LogP contribution in [0.1, 0.15) is 34.8 Å². The predicted octanol–water partition coefficient (Wildman–Crippen LogP) is 3.60. The van der Waals surface area contributed by atoms with Crippen LogP contribution in [0.4, 0.5) is 0 Å². The van der Waals surface area contributed by atoms with E-state index in [1.165, 1.54) is 0 Å². The Morgan fingerprint density at radius 1 is 1.44 bits per heavy atom. The maximum Gasteiger partial charge on any atom is 0.196 e. The van der Waals surface area contributed by atoms with Crippen molar-refractivity contribution in [2.24, 2.45) is 0 Å². The van der Waals surface area contributed by atoms with Gasteiger partial charge < -0.3 is 0 Å². The lowest BCUT2D eigenvalue weighted by Crippen LogP contribution is -2.03. The number of hydrogen-bond donors (Lipinski definition) is 0. The summed E-state index contributed by atoms with van der Waals surface area (Å²) in [6, 6.07) is 5.66. The molecule has 3 nitrogen and oxygen atoms in total. The molecule has 1 aromatic carbocycles. The number of nitrogens with zero attached hydrogens (tertiary/aromatic N) is 2. The maximum atomic E-state index is 12.4. The molecule has 0 aliphatic rings. The quantitative estimate of drug-likeness (QED) is 0.809. The van der Waals surface area contributed by atoms with Crippen molar-refractivity contribution < 1.29 is 4.79 Å². The zero-order chi connectivity index (χ0) is 13.1. The number of ketones is 1. The van der Waals surface area contributed by atoms with Gasteiger partial charge in [0.2, 0.25) is 0 Å². The largest absolute Gasteiger partial charge is 0.288 e. The highest BCUT2D eigenvalue weighted by Crippen LogP contribution is 2.21. The third-order valence-electron chi connectivity index (χ3n) is 2.86. The Morgan fingerprint density at radius 3 is 2.94 bits per heavy atom. The van der Waals surface area contributed by atoms with Gasteiger partial charge in [-0.05, 0) is 25.0 Å². The first kappa shape index (κ1) is 13.0. The average molecular weight is 307 g/mol. The average Bonchev–Trinajstić information content (AvgIpc) is 2.81. The van der Waals surface area contributed by atoms with E-state index in [0.717, 1.165) is 28.6 Å². The van der Waals surface area contributed by atoms with Crippen LogP contribution in [0.5, 0.6) is 0 Å². The topological polar surface area (TPSA) is 34.9 Å². The molecule has 0 bridgehead atoms. The number of hydrogen-bond acceptors (Lipinski definition) is 2. The van der Waals surface area contributed by atoms with Crippen molar-refractivity contribution in [3.8, 4) is 0 Å². The monoisotopic (exact) mass is 306 g/mol. The van der Waals surface area contributed by atoms with Gasteiger partial charge in [-0.15, -0.1) is 0 Å². The fourth-order valence-electron chi connectivity index (χ4n) is 1.84. The van der Waals surface area contributed by atoms with Crippen LogP contribution in [0, 0.1) is 6.92 Å². The maximum absolute atomic E-state index is 12.4. The number of carbonyl (C=O) groups is 1. The van der Waals surface area contributed by atoms with E-state index in [2.05, 4.69) is 28.0 Å². The van der Waals surface area contributed by atoms with E-state index in [4.69, 9.17) is 0 Å². The van der Waals surface area contributed by atoms with Gasteiger partial charge in [0.25, 0.3) is 0 Å². The summed E-state index contributed by atoms with van der Waals surface area (Å²) in [6.07, 6.45) is 4.45. The lowest BCUT2D eigenvalue weighted by atomic mass is 10.0. The van der Waals surface area contributed by atoms with Crippen molar-refractivity contribution in [2.45, 2.75) is 26.8 Å². The minimum Gasteiger partial charge on any atom is -0.288 e. The molecule has 18 heavy (non-hydrogen) atoms. The molecule has 94 valence electrons. The van der Waals surface area contributed by atoms with Gasteiger partial charge in [-0.3, -0.25) is 9.48 Å². The molecular formula is C14H15BrN2O. The standard InChI is InChI=1S/C14H15BrN2O/c1-3-7-17-9-11(8-16-17)14(18)12-5-4-6-13(15)10(12)2/h4-6,8-9H,3,7H2,1-2H3. The third-order valence-corrected chi connectivity index (χ3v) is 3.72. The van der Waals surface area contributed by atoms with Crippen LogP contribution in [-0.2, 0) is 6.54 Å². The highest BCUT2D eigenvalue weighted by atomic mass is 79.9. The molecule has 0 radical (unpaired) electrons. The molecular weight excluding hydrogens is 292 g/mol. The molecule has 0 aliphatic heterocycles. The molecule has 0 N–H and O–H groups in total. The summed E-state index contributed by atoms with van der Waals surface area (Å²) in [5.41, 5.74) is 2.33. The van der Waals surface area contributed by atoms with Gasteiger partial charge in [-0.2, -0.15) is 5.10 Å². The minimum atomic E-state index is 0.0242. The van der Waals surface area contributed by atoms with Gasteiger partial charge in [0, 0.05) is 22.8 Å². The highest BCUT2D eigenvalue weighted by Gasteiger charge is 2.14. The second kappa shape index (κ2) is 5.48. The van der Waals surface area contributed by atoms with E-state index in [9.17, 15) is 4.79 Å². The summed E-state index contributed by atoms with van der Waals surface area (Å²) < 4.78 is 2.76. The van der Waals surface area contributed by atoms with E-state index >= 15 is 0 Å². The van der Waals surface area contributed by atoms with Gasteiger partial charge in [0.15, 0.2) is 5.78 Å². The Bertz CT molecular complexity index is 575. The second-order valence-electron chi connectivity index (χ2n) is 4.23. The molecule has 0 spiro atoms. The summed E-state index contributed by atoms with van der Waals surface area (Å²) in [5, 5.41) is 4.19. The molecule has 0 saturated heterocycles. The molecule has 0 amide bonds. The van der Waals surface area contributed by atoms with Gasteiger partial charge in [-0.1, -0.05) is 35.0 Å². The van der Waals surface area contributed by atoms with Crippen LogP contribution < -0.4 is 0 Å². The fourth-order valence-corrected chi connectivity index (χ4v) is 2.21. The van der Waals surface area contributed by atoms with Crippen LogP contribution >= 0.6 is 15.9 Å². The summed E-state index contributed by atoms with van der Waals surface area (Å²) in [7, 11) is 0. The molecule has 0 unspecified atom stereocenters. The smallest absolute Gasteiger partial charge is 0.196 e. The van der Waals surface area contributed by atoms with Crippen LogP contribution in [0.3, 0.4) is 0 Å². The normalized spacial score (nSPS) is 10.6. The van der Waals surface area contributed by atoms with E-state index in [1.54, 1.807) is 10.9 Å². The molecule has 0 atom stereocenters. The molecule has 2 aromatic rings. The van der Waals surface area contributed by atoms with Crippen LogP contribution in [0.2, 0.25) is 0 Å². The van der Waals surface area contributed by atoms with Gasteiger partial charge in [0.1, 0.15) is 0 Å². The lowest BCUT2D eigenvalue weighted by Gasteiger charge is -2.04.